The summed E-state index contributed by atoms with van der Waals surface area (Å²) >= 11 is 6.02. The van der Waals surface area contributed by atoms with E-state index in [1.54, 1.807) is 6.20 Å². The molecule has 1 fully saturated rings. The van der Waals surface area contributed by atoms with Crippen LogP contribution in [0.2, 0.25) is 5.15 Å². The maximum atomic E-state index is 6.02. The molecule has 0 aromatic carbocycles. The van der Waals surface area contributed by atoms with Crippen molar-refractivity contribution in [2.75, 3.05) is 0 Å². The molecule has 2 aromatic heterocycles. The summed E-state index contributed by atoms with van der Waals surface area (Å²) in [5.41, 5.74) is 2.19. The Kier molecular flexibility index (Phi) is 2.77. The molecule has 0 radical (unpaired) electrons. The molecule has 2 heterocycles. The lowest BCUT2D eigenvalue weighted by molar-refractivity contribution is 0.897. The Morgan fingerprint density at radius 1 is 1.29 bits per heavy atom. The fraction of sp³-hybridized carbons (Fsp3) is 0.308. The maximum Gasteiger partial charge on any atom is 0.134 e. The Morgan fingerprint density at radius 2 is 2.18 bits per heavy atom. The molecule has 0 saturated heterocycles. The third-order valence-electron chi connectivity index (χ3n) is 2.84. The first kappa shape index (κ1) is 10.7. The van der Waals surface area contributed by atoms with Gasteiger partial charge in [-0.1, -0.05) is 17.7 Å². The number of rotatable bonds is 3. The van der Waals surface area contributed by atoms with Crippen molar-refractivity contribution in [2.45, 2.75) is 25.2 Å². The fourth-order valence-corrected chi connectivity index (χ4v) is 2.05. The minimum absolute atomic E-state index is 0.542. The van der Waals surface area contributed by atoms with E-state index in [0.29, 0.717) is 17.5 Å². The second kappa shape index (κ2) is 4.41. The first-order chi connectivity index (χ1) is 8.31. The minimum atomic E-state index is 0.542. The van der Waals surface area contributed by atoms with Crippen LogP contribution < -0.4 is 0 Å². The van der Waals surface area contributed by atoms with Crippen molar-refractivity contribution in [3.05, 3.63) is 52.8 Å². The van der Waals surface area contributed by atoms with E-state index in [9.17, 15) is 0 Å². The van der Waals surface area contributed by atoms with Gasteiger partial charge in [-0.25, -0.2) is 9.97 Å². The fourth-order valence-electron chi connectivity index (χ4n) is 1.84. The number of hydrogen-bond acceptors (Lipinski definition) is 3. The first-order valence-corrected chi connectivity index (χ1v) is 6.11. The van der Waals surface area contributed by atoms with Crippen LogP contribution in [0.25, 0.3) is 0 Å². The van der Waals surface area contributed by atoms with Crippen LogP contribution in [-0.2, 0) is 6.42 Å². The lowest BCUT2D eigenvalue weighted by Gasteiger charge is -2.04. The van der Waals surface area contributed by atoms with Crippen molar-refractivity contribution in [2.24, 2.45) is 0 Å². The van der Waals surface area contributed by atoms with Gasteiger partial charge in [0.05, 0.1) is 0 Å². The van der Waals surface area contributed by atoms with Gasteiger partial charge >= 0.3 is 0 Å². The van der Waals surface area contributed by atoms with E-state index in [1.807, 2.05) is 24.4 Å². The monoisotopic (exact) mass is 245 g/mol. The second-order valence-electron chi connectivity index (χ2n) is 4.34. The quantitative estimate of drug-likeness (QED) is 0.781. The van der Waals surface area contributed by atoms with Crippen molar-refractivity contribution in [3.8, 4) is 0 Å². The topological polar surface area (TPSA) is 38.7 Å². The molecule has 3 rings (SSSR count). The van der Waals surface area contributed by atoms with Crippen molar-refractivity contribution >= 4 is 11.6 Å². The van der Waals surface area contributed by atoms with E-state index in [1.165, 1.54) is 12.8 Å². The lowest BCUT2D eigenvalue weighted by Crippen LogP contribution is -2.00. The molecule has 17 heavy (non-hydrogen) atoms. The van der Waals surface area contributed by atoms with Crippen LogP contribution >= 0.6 is 11.6 Å². The summed E-state index contributed by atoms with van der Waals surface area (Å²) in [6.45, 7) is 0. The summed E-state index contributed by atoms with van der Waals surface area (Å²) in [5.74, 6) is 1.38. The average molecular weight is 246 g/mol. The van der Waals surface area contributed by atoms with E-state index in [-0.39, 0.29) is 0 Å². The highest BCUT2D eigenvalue weighted by atomic mass is 35.5. The number of pyridine rings is 1. The summed E-state index contributed by atoms with van der Waals surface area (Å²) in [4.78, 5) is 12.9. The van der Waals surface area contributed by atoms with Crippen LogP contribution in [0, 0.1) is 0 Å². The highest BCUT2D eigenvalue weighted by Crippen LogP contribution is 2.39. The zero-order valence-electron chi connectivity index (χ0n) is 9.31. The van der Waals surface area contributed by atoms with Crippen LogP contribution in [0.3, 0.4) is 0 Å². The van der Waals surface area contributed by atoms with Crippen molar-refractivity contribution in [1.29, 1.82) is 0 Å². The summed E-state index contributed by atoms with van der Waals surface area (Å²) in [6, 6.07) is 5.82. The van der Waals surface area contributed by atoms with E-state index in [0.717, 1.165) is 17.1 Å². The molecular formula is C13H12ClN3. The van der Waals surface area contributed by atoms with Gasteiger partial charge in [0.15, 0.2) is 0 Å². The van der Waals surface area contributed by atoms with Gasteiger partial charge < -0.3 is 0 Å². The zero-order valence-corrected chi connectivity index (χ0v) is 10.1. The Bertz CT molecular complexity index is 523. The number of halogens is 1. The summed E-state index contributed by atoms with van der Waals surface area (Å²) in [6.07, 6.45) is 6.73. The molecule has 0 atom stereocenters. The highest BCUT2D eigenvalue weighted by Gasteiger charge is 2.25. The maximum absolute atomic E-state index is 6.02. The molecule has 0 amide bonds. The molecule has 86 valence electrons. The molecule has 1 saturated carbocycles. The van der Waals surface area contributed by atoms with Crippen LogP contribution in [0.5, 0.6) is 0 Å². The molecule has 4 heteroatoms. The smallest absolute Gasteiger partial charge is 0.134 e. The Labute approximate surface area is 105 Å². The molecule has 0 bridgehead atoms. The third kappa shape index (κ3) is 2.61. The molecule has 2 aromatic rings. The van der Waals surface area contributed by atoms with Crippen LogP contribution in [0.15, 0.2) is 30.6 Å². The number of aromatic nitrogens is 3. The largest absolute Gasteiger partial charge is 0.264 e. The molecule has 1 aliphatic carbocycles. The number of hydrogen-bond donors (Lipinski definition) is 0. The van der Waals surface area contributed by atoms with Crippen molar-refractivity contribution < 1.29 is 0 Å². The normalized spacial score (nSPS) is 14.9. The SMILES string of the molecule is Clc1cc(C2CC2)nc(Cc2cccnc2)n1. The standard InChI is InChI=1S/C13H12ClN3/c14-12-7-11(10-3-4-10)16-13(17-12)6-9-2-1-5-15-8-9/h1-2,5,7-8,10H,3-4,6H2. The molecule has 0 unspecified atom stereocenters. The van der Waals surface area contributed by atoms with E-state index in [4.69, 9.17) is 11.6 Å². The predicted molar refractivity (Wildman–Crippen MR) is 66.1 cm³/mol. The zero-order chi connectivity index (χ0) is 11.7. The van der Waals surface area contributed by atoms with Gasteiger partial charge in [-0.2, -0.15) is 0 Å². The predicted octanol–water partition coefficient (Wildman–Crippen LogP) is 2.99. The van der Waals surface area contributed by atoms with Crippen LogP contribution in [0.4, 0.5) is 0 Å². The van der Waals surface area contributed by atoms with Gasteiger partial charge in [-0.15, -0.1) is 0 Å². The van der Waals surface area contributed by atoms with Gasteiger partial charge in [0.1, 0.15) is 11.0 Å². The van der Waals surface area contributed by atoms with Gasteiger partial charge in [-0.3, -0.25) is 4.98 Å². The molecular weight excluding hydrogens is 234 g/mol. The van der Waals surface area contributed by atoms with Crippen LogP contribution in [0.1, 0.15) is 35.8 Å². The van der Waals surface area contributed by atoms with E-state index < -0.39 is 0 Å². The first-order valence-electron chi connectivity index (χ1n) is 5.73. The molecule has 0 N–H and O–H groups in total. The van der Waals surface area contributed by atoms with Crippen LogP contribution in [-0.4, -0.2) is 15.0 Å². The molecule has 0 aliphatic heterocycles. The Morgan fingerprint density at radius 3 is 2.88 bits per heavy atom. The van der Waals surface area contributed by atoms with Gasteiger partial charge in [0.2, 0.25) is 0 Å². The van der Waals surface area contributed by atoms with Gasteiger partial charge in [0.25, 0.3) is 0 Å². The summed E-state index contributed by atoms with van der Waals surface area (Å²) in [5, 5.41) is 0.542. The minimum Gasteiger partial charge on any atom is -0.264 e. The number of nitrogens with zero attached hydrogens (tertiary/aromatic N) is 3. The van der Waals surface area contributed by atoms with E-state index >= 15 is 0 Å². The molecule has 3 nitrogen and oxygen atoms in total. The molecule has 1 aliphatic rings. The lowest BCUT2D eigenvalue weighted by atomic mass is 10.2. The second-order valence-corrected chi connectivity index (χ2v) is 4.73. The molecule has 0 spiro atoms. The van der Waals surface area contributed by atoms with E-state index in [2.05, 4.69) is 15.0 Å². The van der Waals surface area contributed by atoms with Crippen molar-refractivity contribution in [3.63, 3.8) is 0 Å². The third-order valence-corrected chi connectivity index (χ3v) is 3.04. The average Bonchev–Trinajstić information content (AvgIpc) is 3.13. The Balaban J connectivity index is 1.87. The summed E-state index contributed by atoms with van der Waals surface area (Å²) < 4.78 is 0. The highest BCUT2D eigenvalue weighted by molar-refractivity contribution is 6.29. The summed E-state index contributed by atoms with van der Waals surface area (Å²) in [7, 11) is 0. The van der Waals surface area contributed by atoms with Gasteiger partial charge in [0, 0.05) is 30.4 Å². The van der Waals surface area contributed by atoms with Crippen molar-refractivity contribution in [1.82, 2.24) is 15.0 Å². The van der Waals surface area contributed by atoms with Gasteiger partial charge in [-0.05, 0) is 30.5 Å². The Hall–Kier alpha value is -1.48.